The van der Waals surface area contributed by atoms with Crippen LogP contribution in [0.2, 0.25) is 0 Å². The lowest BCUT2D eigenvalue weighted by atomic mass is 9.97. The minimum absolute atomic E-state index is 0.203. The quantitative estimate of drug-likeness (QED) is 0.252. The molecule has 4 aromatic carbocycles. The molecule has 0 aliphatic rings. The van der Waals surface area contributed by atoms with Gasteiger partial charge < -0.3 is 13.9 Å². The molecule has 0 N–H and O–H groups in total. The van der Waals surface area contributed by atoms with Crippen molar-refractivity contribution in [3.8, 4) is 11.7 Å². The molecule has 0 atom stereocenters. The summed E-state index contributed by atoms with van der Waals surface area (Å²) < 4.78 is 19.0. The summed E-state index contributed by atoms with van der Waals surface area (Å²) in [6.07, 6.45) is 0.399. The maximum Gasteiger partial charge on any atom is 0.423 e. The smallest absolute Gasteiger partial charge is 0.423 e. The molecule has 5 aromatic rings. The molecule has 0 spiro atoms. The number of para-hydroxylation sites is 1. The van der Waals surface area contributed by atoms with Crippen LogP contribution in [-0.2, 0) is 13.0 Å². The van der Waals surface area contributed by atoms with E-state index in [0.717, 1.165) is 28.0 Å². The standard InChI is InChI=1S/C31H27NO4/c1-34-30-27(21-26-19-11-12-20-28(26)35-22-23-13-5-2-6-14-23)32(31(33)36-30)29(24-15-7-3-8-16-24)25-17-9-4-10-18-25/h2-20,29H,21-22H2,1H3. The van der Waals surface area contributed by atoms with Crippen LogP contribution in [0.1, 0.15) is 34.0 Å². The van der Waals surface area contributed by atoms with E-state index in [-0.39, 0.29) is 12.0 Å². The Labute approximate surface area is 210 Å². The molecule has 0 fully saturated rings. The molecule has 5 nitrogen and oxygen atoms in total. The van der Waals surface area contributed by atoms with E-state index in [2.05, 4.69) is 0 Å². The molecule has 0 radical (unpaired) electrons. The Morgan fingerprint density at radius 2 is 1.31 bits per heavy atom. The van der Waals surface area contributed by atoms with Crippen LogP contribution >= 0.6 is 0 Å². The van der Waals surface area contributed by atoms with Crippen LogP contribution in [-0.4, -0.2) is 11.7 Å². The van der Waals surface area contributed by atoms with Crippen molar-refractivity contribution in [2.45, 2.75) is 19.1 Å². The minimum atomic E-state index is -0.470. The number of hydrogen-bond acceptors (Lipinski definition) is 4. The first kappa shape index (κ1) is 23.2. The Morgan fingerprint density at radius 1 is 0.750 bits per heavy atom. The van der Waals surface area contributed by atoms with E-state index in [1.807, 2.05) is 115 Å². The Morgan fingerprint density at radius 3 is 1.92 bits per heavy atom. The molecular weight excluding hydrogens is 450 g/mol. The zero-order valence-corrected chi connectivity index (χ0v) is 20.0. The highest BCUT2D eigenvalue weighted by molar-refractivity contribution is 5.40. The van der Waals surface area contributed by atoms with Crippen LogP contribution in [0.4, 0.5) is 0 Å². The summed E-state index contributed by atoms with van der Waals surface area (Å²) in [5, 5.41) is 0. The number of nitrogens with zero attached hydrogens (tertiary/aromatic N) is 1. The lowest BCUT2D eigenvalue weighted by Gasteiger charge is -2.21. The zero-order chi connectivity index (χ0) is 24.7. The third kappa shape index (κ3) is 4.96. The highest BCUT2D eigenvalue weighted by Crippen LogP contribution is 2.33. The van der Waals surface area contributed by atoms with Gasteiger partial charge >= 0.3 is 11.7 Å². The van der Waals surface area contributed by atoms with Gasteiger partial charge in [-0.15, -0.1) is 0 Å². The minimum Gasteiger partial charge on any atom is -0.489 e. The molecule has 180 valence electrons. The molecule has 0 aliphatic heterocycles. The second-order valence-electron chi connectivity index (χ2n) is 8.46. The summed E-state index contributed by atoms with van der Waals surface area (Å²) in [5.41, 5.74) is 4.61. The molecule has 5 rings (SSSR count). The fraction of sp³-hybridized carbons (Fsp3) is 0.129. The summed E-state index contributed by atoms with van der Waals surface area (Å²) >= 11 is 0. The normalized spacial score (nSPS) is 10.9. The number of benzene rings is 4. The van der Waals surface area contributed by atoms with Gasteiger partial charge in [-0.25, -0.2) is 4.79 Å². The van der Waals surface area contributed by atoms with Gasteiger partial charge in [0, 0.05) is 12.0 Å². The highest BCUT2D eigenvalue weighted by atomic mass is 16.6. The summed E-state index contributed by atoms with van der Waals surface area (Å²) in [4.78, 5) is 13.3. The van der Waals surface area contributed by atoms with Crippen molar-refractivity contribution in [1.82, 2.24) is 4.57 Å². The molecule has 1 aromatic heterocycles. The van der Waals surface area contributed by atoms with Gasteiger partial charge in [-0.3, -0.25) is 4.57 Å². The van der Waals surface area contributed by atoms with Crippen LogP contribution in [0.25, 0.3) is 0 Å². The summed E-state index contributed by atoms with van der Waals surface area (Å²) in [6, 6.07) is 37.4. The first-order valence-corrected chi connectivity index (χ1v) is 11.9. The van der Waals surface area contributed by atoms with Gasteiger partial charge in [0.1, 0.15) is 18.1 Å². The van der Waals surface area contributed by atoms with Crippen LogP contribution in [0.15, 0.2) is 124 Å². The van der Waals surface area contributed by atoms with Crippen LogP contribution in [0.5, 0.6) is 11.7 Å². The Hall–Kier alpha value is -4.51. The summed E-state index contributed by atoms with van der Waals surface area (Å²) in [7, 11) is 1.52. The van der Waals surface area contributed by atoms with Gasteiger partial charge in [-0.2, -0.15) is 0 Å². The van der Waals surface area contributed by atoms with Crippen molar-refractivity contribution in [3.63, 3.8) is 0 Å². The lowest BCUT2D eigenvalue weighted by molar-refractivity contribution is 0.290. The number of aromatic nitrogens is 1. The van der Waals surface area contributed by atoms with E-state index in [1.165, 1.54) is 7.11 Å². The van der Waals surface area contributed by atoms with E-state index in [1.54, 1.807) is 4.57 Å². The third-order valence-electron chi connectivity index (χ3n) is 6.15. The molecule has 36 heavy (non-hydrogen) atoms. The molecule has 0 bridgehead atoms. The van der Waals surface area contributed by atoms with E-state index in [4.69, 9.17) is 13.9 Å². The van der Waals surface area contributed by atoms with Crippen molar-refractivity contribution >= 4 is 0 Å². The molecule has 5 heteroatoms. The fourth-order valence-corrected chi connectivity index (χ4v) is 4.44. The first-order chi connectivity index (χ1) is 17.7. The highest BCUT2D eigenvalue weighted by Gasteiger charge is 2.27. The van der Waals surface area contributed by atoms with Crippen LogP contribution < -0.4 is 15.2 Å². The molecule has 0 saturated carbocycles. The van der Waals surface area contributed by atoms with Gasteiger partial charge in [0.05, 0.1) is 13.2 Å². The fourth-order valence-electron chi connectivity index (χ4n) is 4.44. The van der Waals surface area contributed by atoms with Gasteiger partial charge in [-0.05, 0) is 22.8 Å². The monoisotopic (exact) mass is 477 g/mol. The molecule has 1 heterocycles. The van der Waals surface area contributed by atoms with E-state index in [0.29, 0.717) is 18.7 Å². The van der Waals surface area contributed by atoms with Crippen LogP contribution in [0.3, 0.4) is 0 Å². The predicted molar refractivity (Wildman–Crippen MR) is 140 cm³/mol. The number of hydrogen-bond donors (Lipinski definition) is 0. The number of methoxy groups -OCH3 is 1. The van der Waals surface area contributed by atoms with Crippen LogP contribution in [0, 0.1) is 0 Å². The molecule has 0 amide bonds. The molecule has 0 saturated heterocycles. The average molecular weight is 478 g/mol. The second-order valence-corrected chi connectivity index (χ2v) is 8.46. The maximum atomic E-state index is 13.3. The molecule has 0 aliphatic carbocycles. The number of rotatable bonds is 9. The first-order valence-electron chi connectivity index (χ1n) is 11.9. The van der Waals surface area contributed by atoms with Gasteiger partial charge in [0.15, 0.2) is 0 Å². The van der Waals surface area contributed by atoms with Gasteiger partial charge in [0.25, 0.3) is 0 Å². The second kappa shape index (κ2) is 10.8. The van der Waals surface area contributed by atoms with Gasteiger partial charge in [0.2, 0.25) is 0 Å². The van der Waals surface area contributed by atoms with E-state index >= 15 is 0 Å². The summed E-state index contributed by atoms with van der Waals surface area (Å²) in [5.74, 6) is 0.483. The van der Waals surface area contributed by atoms with Crippen molar-refractivity contribution in [2.75, 3.05) is 7.11 Å². The largest absolute Gasteiger partial charge is 0.489 e. The van der Waals surface area contributed by atoms with Crippen molar-refractivity contribution < 1.29 is 13.9 Å². The van der Waals surface area contributed by atoms with E-state index < -0.39 is 5.76 Å². The Bertz CT molecular complexity index is 1420. The average Bonchev–Trinajstić information content (AvgIpc) is 3.24. The topological polar surface area (TPSA) is 53.6 Å². The Kier molecular flexibility index (Phi) is 6.99. The predicted octanol–water partition coefficient (Wildman–Crippen LogP) is 6.26. The third-order valence-corrected chi connectivity index (χ3v) is 6.15. The van der Waals surface area contributed by atoms with Crippen molar-refractivity contribution in [3.05, 3.63) is 154 Å². The molecule has 0 unspecified atom stereocenters. The van der Waals surface area contributed by atoms with Gasteiger partial charge in [-0.1, -0.05) is 109 Å². The SMILES string of the molecule is COc1oc(=O)n(C(c2ccccc2)c2ccccc2)c1Cc1ccccc1OCc1ccccc1. The van der Waals surface area contributed by atoms with Crippen molar-refractivity contribution in [2.24, 2.45) is 0 Å². The number of ether oxygens (including phenoxy) is 2. The lowest BCUT2D eigenvalue weighted by Crippen LogP contribution is -2.25. The van der Waals surface area contributed by atoms with E-state index in [9.17, 15) is 4.79 Å². The number of oxazole rings is 1. The molecular formula is C31H27NO4. The van der Waals surface area contributed by atoms with Crippen molar-refractivity contribution in [1.29, 1.82) is 0 Å². The maximum absolute atomic E-state index is 13.3. The Balaban J connectivity index is 1.57. The summed E-state index contributed by atoms with van der Waals surface area (Å²) in [6.45, 7) is 0.448. The zero-order valence-electron chi connectivity index (χ0n) is 20.0.